The van der Waals surface area contributed by atoms with Crippen LogP contribution in [0.15, 0.2) is 29.2 Å². The summed E-state index contributed by atoms with van der Waals surface area (Å²) in [6.45, 7) is 2.19. The second-order valence-corrected chi connectivity index (χ2v) is 3.64. The fourth-order valence-corrected chi connectivity index (χ4v) is 1.22. The number of nitrogens with zero attached hydrogens (tertiary/aromatic N) is 1. The van der Waals surface area contributed by atoms with Gasteiger partial charge in [0.25, 0.3) is 5.56 Å². The van der Waals surface area contributed by atoms with Crippen LogP contribution in [0.4, 0.5) is 0 Å². The van der Waals surface area contributed by atoms with Crippen LogP contribution in [0.3, 0.4) is 0 Å². The molecule has 0 aliphatic rings. The van der Waals surface area contributed by atoms with Crippen LogP contribution < -0.4 is 10.9 Å². The van der Waals surface area contributed by atoms with E-state index in [1.165, 1.54) is 10.6 Å². The minimum absolute atomic E-state index is 0.120. The molecule has 0 saturated carbocycles. The molecule has 1 atom stereocenters. The zero-order valence-electron chi connectivity index (χ0n) is 9.22. The number of aliphatic hydroxyl groups is 1. The SMILES string of the molecule is C[C@@H](O)CNC(=O)CCn1ccccc1=O. The van der Waals surface area contributed by atoms with Gasteiger partial charge in [-0.05, 0) is 13.0 Å². The fraction of sp³-hybridized carbons (Fsp3) is 0.455. The van der Waals surface area contributed by atoms with E-state index in [1.54, 1.807) is 25.3 Å². The van der Waals surface area contributed by atoms with Crippen LogP contribution in [0.2, 0.25) is 0 Å². The second kappa shape index (κ2) is 6.07. The highest BCUT2D eigenvalue weighted by Crippen LogP contribution is 1.88. The van der Waals surface area contributed by atoms with Gasteiger partial charge in [-0.1, -0.05) is 6.07 Å². The van der Waals surface area contributed by atoms with Crippen molar-refractivity contribution in [2.75, 3.05) is 6.54 Å². The predicted octanol–water partition coefficient (Wildman–Crippen LogP) is -0.265. The zero-order chi connectivity index (χ0) is 12.0. The van der Waals surface area contributed by atoms with Crippen LogP contribution in [0.1, 0.15) is 13.3 Å². The molecule has 0 spiro atoms. The summed E-state index contributed by atoms with van der Waals surface area (Å²) in [5.41, 5.74) is -0.120. The molecule has 0 unspecified atom stereocenters. The molecule has 1 amide bonds. The first kappa shape index (κ1) is 12.4. The van der Waals surface area contributed by atoms with Crippen LogP contribution >= 0.6 is 0 Å². The summed E-state index contributed by atoms with van der Waals surface area (Å²) >= 11 is 0. The molecule has 5 heteroatoms. The average Bonchev–Trinajstić information content (AvgIpc) is 2.25. The van der Waals surface area contributed by atoms with Gasteiger partial charge in [0.2, 0.25) is 5.91 Å². The number of carbonyl (C=O) groups excluding carboxylic acids is 1. The molecule has 88 valence electrons. The highest BCUT2D eigenvalue weighted by atomic mass is 16.3. The number of pyridine rings is 1. The van der Waals surface area contributed by atoms with Crippen LogP contribution in [0, 0.1) is 0 Å². The Bertz CT molecular complexity index is 398. The summed E-state index contributed by atoms with van der Waals surface area (Å²) in [4.78, 5) is 22.6. The van der Waals surface area contributed by atoms with Gasteiger partial charge in [0.05, 0.1) is 6.10 Å². The first-order valence-electron chi connectivity index (χ1n) is 5.20. The second-order valence-electron chi connectivity index (χ2n) is 3.64. The molecule has 1 rings (SSSR count). The third-order valence-electron chi connectivity index (χ3n) is 2.07. The van der Waals surface area contributed by atoms with Crippen molar-refractivity contribution in [1.29, 1.82) is 0 Å². The molecule has 0 saturated heterocycles. The summed E-state index contributed by atoms with van der Waals surface area (Å²) in [6.07, 6.45) is 1.32. The Balaban J connectivity index is 2.38. The zero-order valence-corrected chi connectivity index (χ0v) is 9.22. The van der Waals surface area contributed by atoms with Crippen molar-refractivity contribution in [3.8, 4) is 0 Å². The lowest BCUT2D eigenvalue weighted by Crippen LogP contribution is -2.32. The van der Waals surface area contributed by atoms with E-state index in [0.29, 0.717) is 6.54 Å². The highest BCUT2D eigenvalue weighted by Gasteiger charge is 2.03. The molecule has 0 aliphatic heterocycles. The number of rotatable bonds is 5. The van der Waals surface area contributed by atoms with E-state index in [1.807, 2.05) is 0 Å². The number of nitrogens with one attached hydrogen (secondary N) is 1. The van der Waals surface area contributed by atoms with Crippen molar-refractivity contribution in [3.05, 3.63) is 34.7 Å². The van der Waals surface area contributed by atoms with Gasteiger partial charge >= 0.3 is 0 Å². The Labute approximate surface area is 93.7 Å². The van der Waals surface area contributed by atoms with Gasteiger partial charge in [-0.2, -0.15) is 0 Å². The van der Waals surface area contributed by atoms with Crippen molar-refractivity contribution in [1.82, 2.24) is 9.88 Å². The summed E-state index contributed by atoms with van der Waals surface area (Å²) in [6, 6.07) is 4.86. The van der Waals surface area contributed by atoms with Gasteiger partial charge in [0.15, 0.2) is 0 Å². The van der Waals surface area contributed by atoms with E-state index in [-0.39, 0.29) is 24.4 Å². The largest absolute Gasteiger partial charge is 0.392 e. The monoisotopic (exact) mass is 224 g/mol. The normalized spacial score (nSPS) is 12.1. The molecular formula is C11H16N2O3. The summed E-state index contributed by atoms with van der Waals surface area (Å²) in [5, 5.41) is 11.5. The van der Waals surface area contributed by atoms with E-state index < -0.39 is 6.10 Å². The van der Waals surface area contributed by atoms with Gasteiger partial charge in [0.1, 0.15) is 0 Å². The molecule has 0 aliphatic carbocycles. The Morgan fingerprint density at radius 2 is 2.31 bits per heavy atom. The Morgan fingerprint density at radius 1 is 1.56 bits per heavy atom. The van der Waals surface area contributed by atoms with Gasteiger partial charge in [-0.25, -0.2) is 0 Å². The molecule has 0 fully saturated rings. The van der Waals surface area contributed by atoms with Gasteiger partial charge < -0.3 is 15.0 Å². The summed E-state index contributed by atoms with van der Waals surface area (Å²) in [7, 11) is 0. The smallest absolute Gasteiger partial charge is 0.250 e. The molecule has 16 heavy (non-hydrogen) atoms. The van der Waals surface area contributed by atoms with E-state index in [4.69, 9.17) is 5.11 Å². The van der Waals surface area contributed by atoms with Crippen molar-refractivity contribution in [2.24, 2.45) is 0 Å². The lowest BCUT2D eigenvalue weighted by molar-refractivity contribution is -0.121. The predicted molar refractivity (Wildman–Crippen MR) is 60.0 cm³/mol. The molecule has 1 aromatic heterocycles. The maximum Gasteiger partial charge on any atom is 0.250 e. The topological polar surface area (TPSA) is 71.3 Å². The van der Waals surface area contributed by atoms with Crippen LogP contribution in [0.5, 0.6) is 0 Å². The molecular weight excluding hydrogens is 208 g/mol. The number of hydrogen-bond acceptors (Lipinski definition) is 3. The Hall–Kier alpha value is -1.62. The van der Waals surface area contributed by atoms with Crippen molar-refractivity contribution < 1.29 is 9.90 Å². The van der Waals surface area contributed by atoms with Crippen LogP contribution in [-0.4, -0.2) is 28.2 Å². The van der Waals surface area contributed by atoms with Crippen molar-refractivity contribution in [3.63, 3.8) is 0 Å². The number of aromatic nitrogens is 1. The Morgan fingerprint density at radius 3 is 2.94 bits per heavy atom. The molecule has 0 bridgehead atoms. The van der Waals surface area contributed by atoms with Crippen LogP contribution in [-0.2, 0) is 11.3 Å². The molecule has 5 nitrogen and oxygen atoms in total. The standard InChI is InChI=1S/C11H16N2O3/c1-9(14)8-12-10(15)5-7-13-6-3-2-4-11(13)16/h2-4,6,9,14H,5,7-8H2,1H3,(H,12,15)/t9-/m1/s1. The van der Waals surface area contributed by atoms with E-state index in [0.717, 1.165) is 0 Å². The molecule has 2 N–H and O–H groups in total. The van der Waals surface area contributed by atoms with Crippen LogP contribution in [0.25, 0.3) is 0 Å². The van der Waals surface area contributed by atoms with Gasteiger partial charge in [0, 0.05) is 31.8 Å². The number of aliphatic hydroxyl groups excluding tert-OH is 1. The summed E-state index contributed by atoms with van der Waals surface area (Å²) < 4.78 is 1.47. The quantitative estimate of drug-likeness (QED) is 0.723. The number of aryl methyl sites for hydroxylation is 1. The van der Waals surface area contributed by atoms with Gasteiger partial charge in [-0.3, -0.25) is 9.59 Å². The van der Waals surface area contributed by atoms with Crippen molar-refractivity contribution >= 4 is 5.91 Å². The minimum Gasteiger partial charge on any atom is -0.392 e. The third kappa shape index (κ3) is 4.27. The number of hydrogen-bond donors (Lipinski definition) is 2. The first-order valence-corrected chi connectivity index (χ1v) is 5.20. The lowest BCUT2D eigenvalue weighted by Gasteiger charge is -2.07. The van der Waals surface area contributed by atoms with E-state index in [9.17, 15) is 9.59 Å². The lowest BCUT2D eigenvalue weighted by atomic mass is 10.3. The first-order chi connectivity index (χ1) is 7.59. The minimum atomic E-state index is -0.552. The summed E-state index contributed by atoms with van der Waals surface area (Å²) in [5.74, 6) is -0.170. The fourth-order valence-electron chi connectivity index (χ4n) is 1.22. The third-order valence-corrected chi connectivity index (χ3v) is 2.07. The average molecular weight is 224 g/mol. The molecule has 0 radical (unpaired) electrons. The van der Waals surface area contributed by atoms with Crippen molar-refractivity contribution in [2.45, 2.75) is 26.0 Å². The number of carbonyl (C=O) groups is 1. The molecule has 1 heterocycles. The van der Waals surface area contributed by atoms with E-state index >= 15 is 0 Å². The van der Waals surface area contributed by atoms with Gasteiger partial charge in [-0.15, -0.1) is 0 Å². The number of amides is 1. The molecule has 0 aromatic carbocycles. The molecule has 1 aromatic rings. The Kier molecular flexibility index (Phi) is 4.72. The maximum absolute atomic E-state index is 11.3. The maximum atomic E-state index is 11.3. The van der Waals surface area contributed by atoms with E-state index in [2.05, 4.69) is 5.32 Å². The highest BCUT2D eigenvalue weighted by molar-refractivity contribution is 5.75.